The van der Waals surface area contributed by atoms with Crippen molar-refractivity contribution in [2.24, 2.45) is 0 Å². The van der Waals surface area contributed by atoms with Crippen LogP contribution in [-0.2, 0) is 0 Å². The number of hydrogen-bond donors (Lipinski definition) is 1. The van der Waals surface area contributed by atoms with E-state index in [4.69, 9.17) is 4.74 Å². The fourth-order valence-corrected chi connectivity index (χ4v) is 1.88. The van der Waals surface area contributed by atoms with Crippen molar-refractivity contribution in [2.45, 2.75) is 0 Å². The highest BCUT2D eigenvalue weighted by molar-refractivity contribution is 5.65. The summed E-state index contributed by atoms with van der Waals surface area (Å²) in [6.07, 6.45) is 0. The number of nitrogens with zero attached hydrogens (tertiary/aromatic N) is 1. The minimum Gasteiger partial charge on any atom is -0.455 e. The second-order valence-electron chi connectivity index (χ2n) is 4.23. The van der Waals surface area contributed by atoms with E-state index in [1.54, 1.807) is 0 Å². The third kappa shape index (κ3) is 2.59. The van der Waals surface area contributed by atoms with Gasteiger partial charge < -0.3 is 4.74 Å². The molecule has 0 unspecified atom stereocenters. The molecule has 0 radical (unpaired) electrons. The third-order valence-corrected chi connectivity index (χ3v) is 2.79. The van der Waals surface area contributed by atoms with Gasteiger partial charge in [0.2, 0.25) is 0 Å². The van der Waals surface area contributed by atoms with Crippen LogP contribution in [0.4, 0.5) is 0 Å². The van der Waals surface area contributed by atoms with Crippen LogP contribution in [0, 0.1) is 0 Å². The topological polar surface area (TPSA) is 55.0 Å². The van der Waals surface area contributed by atoms with Gasteiger partial charge in [-0.3, -0.25) is 4.79 Å². The van der Waals surface area contributed by atoms with Gasteiger partial charge in [-0.25, -0.2) is 5.10 Å². The predicted octanol–water partition coefficient (Wildman–Crippen LogP) is 3.23. The van der Waals surface area contributed by atoms with E-state index < -0.39 is 0 Å². The summed E-state index contributed by atoms with van der Waals surface area (Å²) in [6.45, 7) is 0. The van der Waals surface area contributed by atoms with Gasteiger partial charge in [-0.1, -0.05) is 48.5 Å². The maximum atomic E-state index is 11.5. The normalized spacial score (nSPS) is 10.2. The number of benzene rings is 2. The lowest BCUT2D eigenvalue weighted by atomic mass is 10.1. The van der Waals surface area contributed by atoms with Crippen molar-refractivity contribution in [1.29, 1.82) is 0 Å². The van der Waals surface area contributed by atoms with Crippen LogP contribution in [0.5, 0.6) is 11.5 Å². The molecule has 0 saturated carbocycles. The van der Waals surface area contributed by atoms with E-state index in [0.29, 0.717) is 17.2 Å². The minimum absolute atomic E-state index is 0.296. The maximum Gasteiger partial charge on any atom is 0.267 e. The fraction of sp³-hybridized carbons (Fsp3) is 0. The molecule has 3 rings (SSSR count). The van der Waals surface area contributed by atoms with Crippen molar-refractivity contribution in [1.82, 2.24) is 10.2 Å². The molecule has 0 aliphatic heterocycles. The van der Waals surface area contributed by atoms with Gasteiger partial charge in [0.1, 0.15) is 11.4 Å². The third-order valence-electron chi connectivity index (χ3n) is 2.79. The summed E-state index contributed by atoms with van der Waals surface area (Å²) < 4.78 is 5.76. The van der Waals surface area contributed by atoms with Crippen molar-refractivity contribution >= 4 is 0 Å². The molecule has 0 atom stereocenters. The molecule has 98 valence electrons. The molecule has 0 amide bonds. The van der Waals surface area contributed by atoms with Gasteiger partial charge in [-0.05, 0) is 12.1 Å². The van der Waals surface area contributed by atoms with Gasteiger partial charge in [0.25, 0.3) is 5.56 Å². The highest BCUT2D eigenvalue weighted by Crippen LogP contribution is 2.29. The second kappa shape index (κ2) is 5.40. The van der Waals surface area contributed by atoms with Crippen molar-refractivity contribution in [2.75, 3.05) is 0 Å². The molecule has 0 saturated heterocycles. The van der Waals surface area contributed by atoms with E-state index in [9.17, 15) is 4.79 Å². The predicted molar refractivity (Wildman–Crippen MR) is 76.8 cm³/mol. The number of aromatic amines is 1. The first-order valence-corrected chi connectivity index (χ1v) is 6.21. The average Bonchev–Trinajstić information content (AvgIpc) is 2.49. The minimum atomic E-state index is -0.296. The zero-order valence-electron chi connectivity index (χ0n) is 10.6. The lowest BCUT2D eigenvalue weighted by molar-refractivity contribution is 0.480. The second-order valence-corrected chi connectivity index (χ2v) is 4.23. The SMILES string of the molecule is O=c1cc(Oc2ccccc2)c(-c2ccccc2)n[nH]1. The molecule has 1 N–H and O–H groups in total. The number of hydrogen-bond acceptors (Lipinski definition) is 3. The number of para-hydroxylation sites is 1. The van der Waals surface area contributed by atoms with Crippen LogP contribution in [0.15, 0.2) is 71.5 Å². The number of aromatic nitrogens is 2. The smallest absolute Gasteiger partial charge is 0.267 e. The quantitative estimate of drug-likeness (QED) is 0.790. The van der Waals surface area contributed by atoms with Crippen LogP contribution in [0.1, 0.15) is 0 Å². The Morgan fingerprint density at radius 2 is 1.55 bits per heavy atom. The van der Waals surface area contributed by atoms with E-state index in [0.717, 1.165) is 5.56 Å². The van der Waals surface area contributed by atoms with Crippen molar-refractivity contribution in [3.63, 3.8) is 0 Å². The maximum absolute atomic E-state index is 11.5. The van der Waals surface area contributed by atoms with E-state index >= 15 is 0 Å². The van der Waals surface area contributed by atoms with Crippen LogP contribution in [0.25, 0.3) is 11.3 Å². The number of rotatable bonds is 3. The molecule has 3 aromatic rings. The van der Waals surface area contributed by atoms with Gasteiger partial charge in [-0.2, -0.15) is 5.10 Å². The summed E-state index contributed by atoms with van der Waals surface area (Å²) in [7, 11) is 0. The number of nitrogens with one attached hydrogen (secondary N) is 1. The number of ether oxygens (including phenoxy) is 1. The Morgan fingerprint density at radius 1 is 0.900 bits per heavy atom. The van der Waals surface area contributed by atoms with Gasteiger partial charge in [0.05, 0.1) is 0 Å². The first-order chi connectivity index (χ1) is 9.83. The molecule has 1 aromatic heterocycles. The molecule has 4 heteroatoms. The summed E-state index contributed by atoms with van der Waals surface area (Å²) in [6, 6.07) is 20.3. The van der Waals surface area contributed by atoms with E-state index in [1.807, 2.05) is 60.7 Å². The average molecular weight is 264 g/mol. The zero-order valence-corrected chi connectivity index (χ0v) is 10.6. The lowest BCUT2D eigenvalue weighted by Crippen LogP contribution is -2.08. The lowest BCUT2D eigenvalue weighted by Gasteiger charge is -2.09. The molecule has 0 aliphatic rings. The largest absolute Gasteiger partial charge is 0.455 e. The summed E-state index contributed by atoms with van der Waals surface area (Å²) in [5.74, 6) is 1.10. The molecule has 2 aromatic carbocycles. The van der Waals surface area contributed by atoms with Gasteiger partial charge in [-0.15, -0.1) is 0 Å². The molecular formula is C16H12N2O2. The molecule has 1 heterocycles. The summed E-state index contributed by atoms with van der Waals surface area (Å²) in [4.78, 5) is 11.5. The number of H-pyrrole nitrogens is 1. The highest BCUT2D eigenvalue weighted by Gasteiger charge is 2.10. The first kappa shape index (κ1) is 12.2. The first-order valence-electron chi connectivity index (χ1n) is 6.21. The standard InChI is InChI=1S/C16H12N2O2/c19-15-11-14(20-13-9-5-2-6-10-13)16(18-17-15)12-7-3-1-4-8-12/h1-11H,(H,17,19). The van der Waals surface area contributed by atoms with Crippen LogP contribution in [0.3, 0.4) is 0 Å². The van der Waals surface area contributed by atoms with Crippen LogP contribution in [0.2, 0.25) is 0 Å². The Morgan fingerprint density at radius 3 is 2.25 bits per heavy atom. The Hall–Kier alpha value is -2.88. The van der Waals surface area contributed by atoms with Crippen molar-refractivity contribution in [3.8, 4) is 22.8 Å². The summed E-state index contributed by atoms with van der Waals surface area (Å²) >= 11 is 0. The molecule has 20 heavy (non-hydrogen) atoms. The van der Waals surface area contributed by atoms with E-state index in [2.05, 4.69) is 10.2 Å². The summed E-state index contributed by atoms with van der Waals surface area (Å²) in [5.41, 5.74) is 1.19. The van der Waals surface area contributed by atoms with Gasteiger partial charge in [0.15, 0.2) is 5.75 Å². The Balaban J connectivity index is 2.06. The van der Waals surface area contributed by atoms with Crippen molar-refractivity contribution < 1.29 is 4.74 Å². The van der Waals surface area contributed by atoms with Crippen LogP contribution in [-0.4, -0.2) is 10.2 Å². The molecule has 0 aliphatic carbocycles. The molecule has 4 nitrogen and oxygen atoms in total. The monoisotopic (exact) mass is 264 g/mol. The molecule has 0 spiro atoms. The fourth-order valence-electron chi connectivity index (χ4n) is 1.88. The summed E-state index contributed by atoms with van der Waals surface area (Å²) in [5, 5.41) is 6.52. The van der Waals surface area contributed by atoms with Crippen molar-refractivity contribution in [3.05, 3.63) is 77.1 Å². The van der Waals surface area contributed by atoms with E-state index in [-0.39, 0.29) is 5.56 Å². The van der Waals surface area contributed by atoms with Crippen LogP contribution >= 0.6 is 0 Å². The highest BCUT2D eigenvalue weighted by atomic mass is 16.5. The zero-order chi connectivity index (χ0) is 13.8. The molecule has 0 bridgehead atoms. The Labute approximate surface area is 115 Å². The van der Waals surface area contributed by atoms with E-state index in [1.165, 1.54) is 6.07 Å². The van der Waals surface area contributed by atoms with Gasteiger partial charge >= 0.3 is 0 Å². The molecular weight excluding hydrogens is 252 g/mol. The Bertz CT molecular complexity index is 752. The molecule has 0 fully saturated rings. The Kier molecular flexibility index (Phi) is 3.29. The van der Waals surface area contributed by atoms with Crippen LogP contribution < -0.4 is 10.3 Å². The van der Waals surface area contributed by atoms with Gasteiger partial charge in [0, 0.05) is 11.6 Å².